The molecule has 6 nitrogen and oxygen atoms in total. The quantitative estimate of drug-likeness (QED) is 0.635. The van der Waals surface area contributed by atoms with Gasteiger partial charge >= 0.3 is 0 Å². The molecule has 3 aromatic carbocycles. The molecule has 1 N–H and O–H groups in total. The normalized spacial score (nSPS) is 15.2. The molecule has 1 aliphatic heterocycles. The molecular weight excluding hydrogens is 380 g/mol. The minimum absolute atomic E-state index is 0.0757. The van der Waals surface area contributed by atoms with E-state index < -0.39 is 6.17 Å². The number of para-hydroxylation sites is 1. The summed E-state index contributed by atoms with van der Waals surface area (Å²) in [4.78, 5) is 15.2. The van der Waals surface area contributed by atoms with E-state index in [1.165, 1.54) is 0 Å². The zero-order valence-corrected chi connectivity index (χ0v) is 17.2. The number of nitrogens with one attached hydrogen (secondary N) is 1. The van der Waals surface area contributed by atoms with E-state index in [4.69, 9.17) is 14.2 Å². The highest BCUT2D eigenvalue weighted by atomic mass is 16.5. The van der Waals surface area contributed by atoms with Crippen molar-refractivity contribution in [3.63, 3.8) is 0 Å². The molecule has 0 spiro atoms. The van der Waals surface area contributed by atoms with E-state index in [-0.39, 0.29) is 5.91 Å². The predicted molar refractivity (Wildman–Crippen MR) is 117 cm³/mol. The summed E-state index contributed by atoms with van der Waals surface area (Å²) in [5, 5.41) is 3.50. The molecule has 154 valence electrons. The maximum atomic E-state index is 13.5. The van der Waals surface area contributed by atoms with Crippen molar-refractivity contribution < 1.29 is 19.0 Å². The fourth-order valence-corrected chi connectivity index (χ4v) is 3.65. The number of anilines is 2. The van der Waals surface area contributed by atoms with Gasteiger partial charge in [-0.1, -0.05) is 18.2 Å². The van der Waals surface area contributed by atoms with Gasteiger partial charge in [-0.2, -0.15) is 0 Å². The Labute approximate surface area is 176 Å². The monoisotopic (exact) mass is 404 g/mol. The molecule has 0 fully saturated rings. The number of hydrogen-bond acceptors (Lipinski definition) is 5. The van der Waals surface area contributed by atoms with Crippen LogP contribution in [0.4, 0.5) is 11.4 Å². The lowest BCUT2D eigenvalue weighted by atomic mass is 10.0. The molecule has 0 unspecified atom stereocenters. The predicted octanol–water partition coefficient (Wildman–Crippen LogP) is 4.87. The molecule has 0 saturated carbocycles. The number of hydrogen-bond donors (Lipinski definition) is 1. The van der Waals surface area contributed by atoms with E-state index in [0.29, 0.717) is 23.7 Å². The Hall–Kier alpha value is -3.67. The van der Waals surface area contributed by atoms with Crippen LogP contribution in [-0.4, -0.2) is 26.7 Å². The summed E-state index contributed by atoms with van der Waals surface area (Å²) in [6, 6.07) is 20.7. The van der Waals surface area contributed by atoms with Crippen molar-refractivity contribution in [3.05, 3.63) is 77.9 Å². The molecule has 0 saturated heterocycles. The maximum absolute atomic E-state index is 13.5. The molecule has 1 heterocycles. The van der Waals surface area contributed by atoms with Gasteiger partial charge in [-0.3, -0.25) is 9.69 Å². The molecule has 0 bridgehead atoms. The van der Waals surface area contributed by atoms with Crippen LogP contribution in [0.1, 0.15) is 29.0 Å². The minimum Gasteiger partial charge on any atom is -0.494 e. The van der Waals surface area contributed by atoms with Crippen molar-refractivity contribution in [3.8, 4) is 17.2 Å². The molecule has 1 amide bonds. The van der Waals surface area contributed by atoms with Gasteiger partial charge in [0.2, 0.25) is 0 Å². The molecule has 30 heavy (non-hydrogen) atoms. The van der Waals surface area contributed by atoms with E-state index in [1.807, 2.05) is 73.7 Å². The average molecular weight is 404 g/mol. The van der Waals surface area contributed by atoms with Crippen LogP contribution in [0.15, 0.2) is 66.7 Å². The third-order valence-corrected chi connectivity index (χ3v) is 5.08. The van der Waals surface area contributed by atoms with E-state index >= 15 is 0 Å². The number of carbonyl (C=O) groups excluding carboxylic acids is 1. The lowest BCUT2D eigenvalue weighted by Gasteiger charge is -2.38. The smallest absolute Gasteiger partial charge is 0.262 e. The van der Waals surface area contributed by atoms with Gasteiger partial charge in [-0.15, -0.1) is 0 Å². The van der Waals surface area contributed by atoms with Crippen LogP contribution in [0, 0.1) is 0 Å². The van der Waals surface area contributed by atoms with Crippen LogP contribution in [0.2, 0.25) is 0 Å². The minimum atomic E-state index is -0.412. The first-order chi connectivity index (χ1) is 14.7. The first-order valence-electron chi connectivity index (χ1n) is 9.80. The molecule has 6 heteroatoms. The fourth-order valence-electron chi connectivity index (χ4n) is 3.65. The zero-order valence-electron chi connectivity index (χ0n) is 17.2. The Morgan fingerprint density at radius 1 is 0.933 bits per heavy atom. The number of amides is 1. The van der Waals surface area contributed by atoms with Crippen molar-refractivity contribution in [2.24, 2.45) is 0 Å². The second kappa shape index (κ2) is 8.37. The van der Waals surface area contributed by atoms with Crippen LogP contribution in [-0.2, 0) is 0 Å². The van der Waals surface area contributed by atoms with E-state index in [1.54, 1.807) is 19.1 Å². The van der Waals surface area contributed by atoms with E-state index in [9.17, 15) is 4.79 Å². The highest BCUT2D eigenvalue weighted by molar-refractivity contribution is 6.12. The second-order valence-electron chi connectivity index (χ2n) is 6.81. The van der Waals surface area contributed by atoms with Crippen molar-refractivity contribution in [1.29, 1.82) is 0 Å². The summed E-state index contributed by atoms with van der Waals surface area (Å²) < 4.78 is 16.4. The number of methoxy groups -OCH3 is 2. The van der Waals surface area contributed by atoms with E-state index in [2.05, 4.69) is 5.32 Å². The lowest BCUT2D eigenvalue weighted by molar-refractivity contribution is 0.0975. The molecule has 3 aromatic rings. The molecule has 1 atom stereocenters. The number of nitrogens with zero attached hydrogens (tertiary/aromatic N) is 1. The fraction of sp³-hybridized carbons (Fsp3) is 0.208. The first-order valence-corrected chi connectivity index (χ1v) is 9.80. The molecular formula is C24H24N2O4. The largest absolute Gasteiger partial charge is 0.494 e. The third kappa shape index (κ3) is 3.52. The molecule has 1 aliphatic rings. The van der Waals surface area contributed by atoms with Gasteiger partial charge < -0.3 is 19.5 Å². The summed E-state index contributed by atoms with van der Waals surface area (Å²) in [5.41, 5.74) is 3.07. The lowest BCUT2D eigenvalue weighted by Crippen LogP contribution is -2.43. The van der Waals surface area contributed by atoms with Gasteiger partial charge in [0, 0.05) is 11.4 Å². The number of benzene rings is 3. The van der Waals surface area contributed by atoms with Gasteiger partial charge in [0.1, 0.15) is 11.9 Å². The van der Waals surface area contributed by atoms with Gasteiger partial charge in [-0.05, 0) is 61.0 Å². The second-order valence-corrected chi connectivity index (χ2v) is 6.81. The maximum Gasteiger partial charge on any atom is 0.262 e. The molecule has 0 aromatic heterocycles. The third-order valence-electron chi connectivity index (χ3n) is 5.08. The van der Waals surface area contributed by atoms with Crippen molar-refractivity contribution >= 4 is 17.3 Å². The van der Waals surface area contributed by atoms with Crippen LogP contribution < -0.4 is 24.4 Å². The Bertz CT molecular complexity index is 1050. The van der Waals surface area contributed by atoms with Gasteiger partial charge in [-0.25, -0.2) is 0 Å². The van der Waals surface area contributed by atoms with Crippen molar-refractivity contribution in [1.82, 2.24) is 0 Å². The van der Waals surface area contributed by atoms with Gasteiger partial charge in [0.05, 0.1) is 26.4 Å². The Morgan fingerprint density at radius 2 is 1.67 bits per heavy atom. The summed E-state index contributed by atoms with van der Waals surface area (Å²) in [5.74, 6) is 1.93. The zero-order chi connectivity index (χ0) is 21.1. The number of fused-ring (bicyclic) bond motifs is 1. The summed E-state index contributed by atoms with van der Waals surface area (Å²) in [7, 11) is 3.20. The summed E-state index contributed by atoms with van der Waals surface area (Å²) in [6.45, 7) is 2.53. The van der Waals surface area contributed by atoms with Crippen LogP contribution >= 0.6 is 0 Å². The standard InChI is InChI=1S/C24H24N2O4/c1-4-30-18-12-10-17(11-13-18)26-23(16-9-14-21(28-2)22(15-16)29-3)25-20-8-6-5-7-19(20)24(26)27/h5-15,23,25H,4H2,1-3H3/t23-/m1/s1. The highest BCUT2D eigenvalue weighted by Crippen LogP contribution is 2.39. The number of rotatable bonds is 6. The Kier molecular flexibility index (Phi) is 5.48. The molecule has 0 radical (unpaired) electrons. The summed E-state index contributed by atoms with van der Waals surface area (Å²) in [6.07, 6.45) is -0.412. The van der Waals surface area contributed by atoms with Crippen LogP contribution in [0.3, 0.4) is 0 Å². The van der Waals surface area contributed by atoms with Crippen LogP contribution in [0.5, 0.6) is 17.2 Å². The Morgan fingerprint density at radius 3 is 2.37 bits per heavy atom. The average Bonchev–Trinajstić information content (AvgIpc) is 2.79. The van der Waals surface area contributed by atoms with Gasteiger partial charge in [0.15, 0.2) is 11.5 Å². The SMILES string of the molecule is CCOc1ccc(N2C(=O)c3ccccc3N[C@H]2c2ccc(OC)c(OC)c2)cc1. The van der Waals surface area contributed by atoms with Crippen molar-refractivity contribution in [2.45, 2.75) is 13.1 Å². The number of ether oxygens (including phenoxy) is 3. The van der Waals surface area contributed by atoms with Gasteiger partial charge in [0.25, 0.3) is 5.91 Å². The summed E-state index contributed by atoms with van der Waals surface area (Å²) >= 11 is 0. The van der Waals surface area contributed by atoms with E-state index in [0.717, 1.165) is 22.7 Å². The number of carbonyl (C=O) groups is 1. The molecule has 4 rings (SSSR count). The topological polar surface area (TPSA) is 60.0 Å². The van der Waals surface area contributed by atoms with Crippen LogP contribution in [0.25, 0.3) is 0 Å². The first kappa shape index (κ1) is 19.6. The van der Waals surface area contributed by atoms with Crippen molar-refractivity contribution in [2.75, 3.05) is 31.0 Å². The Balaban J connectivity index is 1.80. The molecule has 0 aliphatic carbocycles. The highest BCUT2D eigenvalue weighted by Gasteiger charge is 2.34.